The second-order valence-electron chi connectivity index (χ2n) is 6.02. The molecule has 2 aliphatic heterocycles. The summed E-state index contributed by atoms with van der Waals surface area (Å²) < 4.78 is 10.7. The normalized spacial score (nSPS) is 24.6. The first-order valence-electron chi connectivity index (χ1n) is 8.35. The number of carbonyl (C=O) groups excluding carboxylic acids is 1. The van der Waals surface area contributed by atoms with E-state index in [0.717, 1.165) is 45.0 Å². The van der Waals surface area contributed by atoms with Gasteiger partial charge in [0.2, 0.25) is 11.8 Å². The molecule has 0 spiro atoms. The lowest BCUT2D eigenvalue weighted by atomic mass is 10.2. The maximum atomic E-state index is 12.5. The molecule has 2 unspecified atom stereocenters. The number of hydrogen-bond acceptors (Lipinski definition) is 7. The summed E-state index contributed by atoms with van der Waals surface area (Å²) in [5.41, 5.74) is 0. The Hall–Kier alpha value is -1.51. The van der Waals surface area contributed by atoms with Gasteiger partial charge in [-0.3, -0.25) is 9.69 Å². The molecule has 1 amide bonds. The van der Waals surface area contributed by atoms with Gasteiger partial charge in [0, 0.05) is 39.1 Å². The van der Waals surface area contributed by atoms with E-state index in [2.05, 4.69) is 27.3 Å². The van der Waals surface area contributed by atoms with Crippen LogP contribution in [0.15, 0.2) is 4.52 Å². The van der Waals surface area contributed by atoms with Gasteiger partial charge in [0.1, 0.15) is 6.04 Å². The SMILES string of the molecule is CCc1noc(C(C)N2CCN(C(=O)C3COCCN3)CC2)n1. The van der Waals surface area contributed by atoms with Crippen LogP contribution in [0.3, 0.4) is 0 Å². The third kappa shape index (κ3) is 3.70. The van der Waals surface area contributed by atoms with Crippen LogP contribution in [0, 0.1) is 0 Å². The van der Waals surface area contributed by atoms with Crippen LogP contribution >= 0.6 is 0 Å². The van der Waals surface area contributed by atoms with E-state index in [1.165, 1.54) is 0 Å². The molecule has 2 saturated heterocycles. The van der Waals surface area contributed by atoms with Crippen molar-refractivity contribution in [1.29, 1.82) is 0 Å². The summed E-state index contributed by atoms with van der Waals surface area (Å²) in [6.07, 6.45) is 0.773. The quantitative estimate of drug-likeness (QED) is 0.823. The Bertz CT molecular complexity index is 521. The monoisotopic (exact) mass is 323 g/mol. The lowest BCUT2D eigenvalue weighted by molar-refractivity contribution is -0.138. The Morgan fingerprint density at radius 1 is 1.39 bits per heavy atom. The fourth-order valence-corrected chi connectivity index (χ4v) is 3.01. The summed E-state index contributed by atoms with van der Waals surface area (Å²) in [5.74, 6) is 1.54. The van der Waals surface area contributed by atoms with Crippen LogP contribution in [0.4, 0.5) is 0 Å². The molecule has 8 heteroatoms. The van der Waals surface area contributed by atoms with E-state index in [1.54, 1.807) is 0 Å². The number of nitrogens with one attached hydrogen (secondary N) is 1. The summed E-state index contributed by atoms with van der Waals surface area (Å²) in [6, 6.07) is -0.119. The average molecular weight is 323 g/mol. The number of carbonyl (C=O) groups is 1. The maximum Gasteiger partial charge on any atom is 0.243 e. The first-order valence-corrected chi connectivity index (χ1v) is 8.35. The van der Waals surface area contributed by atoms with Crippen LogP contribution in [0.1, 0.15) is 31.6 Å². The molecule has 8 nitrogen and oxygen atoms in total. The van der Waals surface area contributed by atoms with Crippen molar-refractivity contribution in [3.8, 4) is 0 Å². The number of hydrogen-bond donors (Lipinski definition) is 1. The summed E-state index contributed by atoms with van der Waals surface area (Å²) in [7, 11) is 0. The van der Waals surface area contributed by atoms with E-state index in [-0.39, 0.29) is 18.0 Å². The predicted molar refractivity (Wildman–Crippen MR) is 82.9 cm³/mol. The van der Waals surface area contributed by atoms with Gasteiger partial charge in [-0.05, 0) is 6.92 Å². The minimum Gasteiger partial charge on any atom is -0.378 e. The minimum absolute atomic E-state index is 0.0798. The fourth-order valence-electron chi connectivity index (χ4n) is 3.01. The predicted octanol–water partition coefficient (Wildman–Crippen LogP) is -0.174. The molecule has 2 fully saturated rings. The molecule has 2 aliphatic rings. The molecule has 3 rings (SSSR count). The van der Waals surface area contributed by atoms with Gasteiger partial charge in [-0.25, -0.2) is 0 Å². The van der Waals surface area contributed by atoms with E-state index in [1.807, 2.05) is 11.8 Å². The first kappa shape index (κ1) is 16.4. The van der Waals surface area contributed by atoms with Crippen LogP contribution < -0.4 is 5.32 Å². The smallest absolute Gasteiger partial charge is 0.243 e. The van der Waals surface area contributed by atoms with Gasteiger partial charge in [-0.2, -0.15) is 4.98 Å². The van der Waals surface area contributed by atoms with Crippen molar-refractivity contribution >= 4 is 5.91 Å². The lowest BCUT2D eigenvalue weighted by Gasteiger charge is -2.38. The minimum atomic E-state index is -0.198. The molecule has 0 radical (unpaired) electrons. The van der Waals surface area contributed by atoms with Crippen molar-refractivity contribution in [2.45, 2.75) is 32.4 Å². The molecule has 1 aromatic heterocycles. The van der Waals surface area contributed by atoms with Gasteiger partial charge in [0.15, 0.2) is 5.82 Å². The van der Waals surface area contributed by atoms with Crippen molar-refractivity contribution in [2.24, 2.45) is 0 Å². The molecule has 0 bridgehead atoms. The van der Waals surface area contributed by atoms with E-state index in [9.17, 15) is 4.79 Å². The summed E-state index contributed by atoms with van der Waals surface area (Å²) in [4.78, 5) is 21.1. The van der Waals surface area contributed by atoms with Crippen molar-refractivity contribution in [1.82, 2.24) is 25.3 Å². The average Bonchev–Trinajstić information content (AvgIpc) is 3.10. The molecule has 0 aromatic carbocycles. The molecule has 128 valence electrons. The second-order valence-corrected chi connectivity index (χ2v) is 6.02. The Morgan fingerprint density at radius 2 is 2.17 bits per heavy atom. The number of amides is 1. The molecule has 2 atom stereocenters. The number of nitrogens with zero attached hydrogens (tertiary/aromatic N) is 4. The third-order valence-electron chi connectivity index (χ3n) is 4.55. The Morgan fingerprint density at radius 3 is 2.78 bits per heavy atom. The van der Waals surface area contributed by atoms with Crippen LogP contribution in [-0.2, 0) is 16.0 Å². The molecule has 0 aliphatic carbocycles. The molecule has 1 aromatic rings. The number of ether oxygens (including phenoxy) is 1. The number of morpholine rings is 1. The molecular weight excluding hydrogens is 298 g/mol. The molecule has 0 saturated carbocycles. The topological polar surface area (TPSA) is 83.7 Å². The van der Waals surface area contributed by atoms with E-state index in [4.69, 9.17) is 9.26 Å². The van der Waals surface area contributed by atoms with Gasteiger partial charge >= 0.3 is 0 Å². The fraction of sp³-hybridized carbons (Fsp3) is 0.800. The summed E-state index contributed by atoms with van der Waals surface area (Å²) >= 11 is 0. The van der Waals surface area contributed by atoms with Gasteiger partial charge in [-0.15, -0.1) is 0 Å². The highest BCUT2D eigenvalue weighted by Gasteiger charge is 2.31. The van der Waals surface area contributed by atoms with Crippen molar-refractivity contribution < 1.29 is 14.1 Å². The van der Waals surface area contributed by atoms with Gasteiger partial charge in [0.05, 0.1) is 19.3 Å². The van der Waals surface area contributed by atoms with Crippen LogP contribution in [-0.4, -0.2) is 77.8 Å². The molecular formula is C15H25N5O3. The molecule has 1 N–H and O–H groups in total. The highest BCUT2D eigenvalue weighted by molar-refractivity contribution is 5.82. The Balaban J connectivity index is 1.52. The zero-order valence-corrected chi connectivity index (χ0v) is 13.8. The van der Waals surface area contributed by atoms with Crippen molar-refractivity contribution in [2.75, 3.05) is 45.9 Å². The number of piperazine rings is 1. The van der Waals surface area contributed by atoms with Crippen LogP contribution in [0.5, 0.6) is 0 Å². The highest BCUT2D eigenvalue weighted by Crippen LogP contribution is 2.20. The molecule has 23 heavy (non-hydrogen) atoms. The first-order chi connectivity index (χ1) is 11.2. The zero-order chi connectivity index (χ0) is 16.2. The van der Waals surface area contributed by atoms with E-state index in [0.29, 0.717) is 19.1 Å². The number of aryl methyl sites for hydroxylation is 1. The Kier molecular flexibility index (Phi) is 5.24. The van der Waals surface area contributed by atoms with Crippen LogP contribution in [0.2, 0.25) is 0 Å². The van der Waals surface area contributed by atoms with Crippen molar-refractivity contribution in [3.05, 3.63) is 11.7 Å². The largest absolute Gasteiger partial charge is 0.378 e. The second kappa shape index (κ2) is 7.37. The maximum absolute atomic E-state index is 12.5. The molecule has 3 heterocycles. The van der Waals surface area contributed by atoms with Gasteiger partial charge < -0.3 is 19.5 Å². The Labute approximate surface area is 136 Å². The van der Waals surface area contributed by atoms with Gasteiger partial charge in [0.25, 0.3) is 0 Å². The van der Waals surface area contributed by atoms with E-state index < -0.39 is 0 Å². The van der Waals surface area contributed by atoms with E-state index >= 15 is 0 Å². The van der Waals surface area contributed by atoms with Crippen LogP contribution in [0.25, 0.3) is 0 Å². The standard InChI is InChI=1S/C15H25N5O3/c1-3-13-17-14(23-18-13)11(2)19-5-7-20(8-6-19)15(21)12-10-22-9-4-16-12/h11-12,16H,3-10H2,1-2H3. The number of rotatable bonds is 4. The zero-order valence-electron chi connectivity index (χ0n) is 13.8. The third-order valence-corrected chi connectivity index (χ3v) is 4.55. The summed E-state index contributed by atoms with van der Waals surface area (Å²) in [5, 5.41) is 7.18. The number of aromatic nitrogens is 2. The highest BCUT2D eigenvalue weighted by atomic mass is 16.5. The lowest BCUT2D eigenvalue weighted by Crippen LogP contribution is -2.57. The van der Waals surface area contributed by atoms with Gasteiger partial charge in [-0.1, -0.05) is 12.1 Å². The summed E-state index contributed by atoms with van der Waals surface area (Å²) in [6.45, 7) is 9.02. The van der Waals surface area contributed by atoms with Crippen molar-refractivity contribution in [3.63, 3.8) is 0 Å².